The molecule has 1 heterocycles. The first-order valence-corrected chi connectivity index (χ1v) is 9.06. The molecule has 0 radical (unpaired) electrons. The number of unbranched alkanes of at least 4 members (excludes halogenated alkanes) is 3. The smallest absolute Gasteiger partial charge is 0.148 e. The fourth-order valence-corrected chi connectivity index (χ4v) is 3.27. The normalized spacial score (nSPS) is 18.3. The summed E-state index contributed by atoms with van der Waals surface area (Å²) in [6, 6.07) is 0.477. The van der Waals surface area contributed by atoms with E-state index in [4.69, 9.17) is 11.6 Å². The van der Waals surface area contributed by atoms with Gasteiger partial charge in [0.25, 0.3) is 0 Å². The van der Waals surface area contributed by atoms with Crippen molar-refractivity contribution in [3.63, 3.8) is 0 Å². The summed E-state index contributed by atoms with van der Waals surface area (Å²) >= 11 is 6.36. The lowest BCUT2D eigenvalue weighted by molar-refractivity contribution is 0.535. The Kier molecular flexibility index (Phi) is 7.17. The van der Waals surface area contributed by atoms with Gasteiger partial charge >= 0.3 is 0 Å². The SMILES string of the molecule is CCCCCC=C1CCC(Nc2ncnc(CC)c2Cl)CC1. The van der Waals surface area contributed by atoms with Gasteiger partial charge in [0.2, 0.25) is 0 Å². The minimum atomic E-state index is 0.477. The largest absolute Gasteiger partial charge is 0.366 e. The third-order valence-electron chi connectivity index (χ3n) is 4.41. The number of hydrogen-bond donors (Lipinski definition) is 1. The van der Waals surface area contributed by atoms with Crippen molar-refractivity contribution in [2.75, 3.05) is 5.32 Å². The molecule has 2 rings (SSSR count). The van der Waals surface area contributed by atoms with Crippen LogP contribution in [0.15, 0.2) is 18.0 Å². The molecule has 0 atom stereocenters. The molecule has 1 saturated carbocycles. The molecule has 0 aromatic carbocycles. The summed E-state index contributed by atoms with van der Waals surface area (Å²) < 4.78 is 0. The summed E-state index contributed by atoms with van der Waals surface area (Å²) in [6.45, 7) is 4.32. The van der Waals surface area contributed by atoms with E-state index in [0.717, 1.165) is 17.9 Å². The molecule has 0 amide bonds. The fraction of sp³-hybridized carbons (Fsp3) is 0.667. The van der Waals surface area contributed by atoms with E-state index in [0.29, 0.717) is 11.1 Å². The third kappa shape index (κ3) is 4.98. The Hall–Kier alpha value is -1.09. The lowest BCUT2D eigenvalue weighted by atomic mass is 9.90. The van der Waals surface area contributed by atoms with Crippen molar-refractivity contribution in [2.24, 2.45) is 0 Å². The Morgan fingerprint density at radius 2 is 2.00 bits per heavy atom. The van der Waals surface area contributed by atoms with E-state index < -0.39 is 0 Å². The minimum Gasteiger partial charge on any atom is -0.366 e. The molecular formula is C18H28ClN3. The Labute approximate surface area is 139 Å². The van der Waals surface area contributed by atoms with Crippen molar-refractivity contribution in [1.82, 2.24) is 9.97 Å². The van der Waals surface area contributed by atoms with Crippen LogP contribution in [-0.2, 0) is 6.42 Å². The number of anilines is 1. The Balaban J connectivity index is 1.82. The standard InChI is InChI=1S/C18H28ClN3/c1-3-5-6-7-8-14-9-11-15(12-10-14)22-18-17(19)16(4-2)20-13-21-18/h8,13,15H,3-7,9-12H2,1-2H3,(H,20,21,22). The van der Waals surface area contributed by atoms with Gasteiger partial charge in [-0.1, -0.05) is 49.9 Å². The first-order chi connectivity index (χ1) is 10.7. The minimum absolute atomic E-state index is 0.477. The highest BCUT2D eigenvalue weighted by atomic mass is 35.5. The van der Waals surface area contributed by atoms with Crippen LogP contribution >= 0.6 is 11.6 Å². The Bertz CT molecular complexity index is 489. The zero-order valence-electron chi connectivity index (χ0n) is 13.9. The highest BCUT2D eigenvalue weighted by Crippen LogP contribution is 2.29. The molecule has 3 nitrogen and oxygen atoms in total. The lowest BCUT2D eigenvalue weighted by Gasteiger charge is -2.26. The molecule has 0 bridgehead atoms. The summed E-state index contributed by atoms with van der Waals surface area (Å²) in [4.78, 5) is 8.52. The highest BCUT2D eigenvalue weighted by molar-refractivity contribution is 6.33. The van der Waals surface area contributed by atoms with Crippen LogP contribution in [0.5, 0.6) is 0 Å². The van der Waals surface area contributed by atoms with Gasteiger partial charge < -0.3 is 5.32 Å². The number of hydrogen-bond acceptors (Lipinski definition) is 3. The lowest BCUT2D eigenvalue weighted by Crippen LogP contribution is -2.24. The van der Waals surface area contributed by atoms with E-state index in [-0.39, 0.29) is 0 Å². The first-order valence-electron chi connectivity index (χ1n) is 8.68. The van der Waals surface area contributed by atoms with Crippen LogP contribution in [0, 0.1) is 0 Å². The number of nitrogens with zero attached hydrogens (tertiary/aromatic N) is 2. The average Bonchev–Trinajstić information content (AvgIpc) is 2.55. The molecule has 0 saturated heterocycles. The number of nitrogens with one attached hydrogen (secondary N) is 1. The van der Waals surface area contributed by atoms with Gasteiger partial charge in [-0.3, -0.25) is 0 Å². The molecule has 0 unspecified atom stereocenters. The number of rotatable bonds is 7. The monoisotopic (exact) mass is 321 g/mol. The van der Waals surface area contributed by atoms with Crippen molar-refractivity contribution in [3.8, 4) is 0 Å². The Morgan fingerprint density at radius 3 is 2.68 bits per heavy atom. The molecule has 1 aromatic heterocycles. The molecule has 1 fully saturated rings. The van der Waals surface area contributed by atoms with Gasteiger partial charge in [-0.2, -0.15) is 0 Å². The summed E-state index contributed by atoms with van der Waals surface area (Å²) in [7, 11) is 0. The van der Waals surface area contributed by atoms with E-state index in [1.165, 1.54) is 51.4 Å². The molecule has 0 spiro atoms. The topological polar surface area (TPSA) is 37.8 Å². The number of aryl methyl sites for hydroxylation is 1. The van der Waals surface area contributed by atoms with Crippen LogP contribution < -0.4 is 5.32 Å². The van der Waals surface area contributed by atoms with Crippen LogP contribution in [0.25, 0.3) is 0 Å². The van der Waals surface area contributed by atoms with Gasteiger partial charge in [0.1, 0.15) is 17.2 Å². The number of halogens is 1. The molecule has 4 heteroatoms. The fourth-order valence-electron chi connectivity index (χ4n) is 2.98. The molecular weight excluding hydrogens is 294 g/mol. The van der Waals surface area contributed by atoms with Gasteiger partial charge in [0, 0.05) is 6.04 Å². The summed E-state index contributed by atoms with van der Waals surface area (Å²) in [5.74, 6) is 0.800. The third-order valence-corrected chi connectivity index (χ3v) is 4.80. The summed E-state index contributed by atoms with van der Waals surface area (Å²) in [6.07, 6.45) is 14.9. The predicted molar refractivity (Wildman–Crippen MR) is 94.5 cm³/mol. The van der Waals surface area contributed by atoms with Crippen molar-refractivity contribution in [1.29, 1.82) is 0 Å². The molecule has 1 aliphatic carbocycles. The van der Waals surface area contributed by atoms with Gasteiger partial charge in [0.05, 0.1) is 5.69 Å². The maximum absolute atomic E-state index is 6.36. The van der Waals surface area contributed by atoms with E-state index in [2.05, 4.69) is 35.2 Å². The van der Waals surface area contributed by atoms with Crippen LogP contribution in [0.1, 0.15) is 70.9 Å². The molecule has 122 valence electrons. The number of aromatic nitrogens is 2. The number of allylic oxidation sites excluding steroid dienone is 2. The second kappa shape index (κ2) is 9.14. The van der Waals surface area contributed by atoms with Crippen LogP contribution in [0.4, 0.5) is 5.82 Å². The molecule has 0 aliphatic heterocycles. The second-order valence-corrected chi connectivity index (χ2v) is 6.49. The van der Waals surface area contributed by atoms with E-state index in [1.807, 2.05) is 0 Å². The van der Waals surface area contributed by atoms with Crippen LogP contribution in [0.3, 0.4) is 0 Å². The van der Waals surface area contributed by atoms with Gasteiger partial charge in [0.15, 0.2) is 0 Å². The summed E-state index contributed by atoms with van der Waals surface area (Å²) in [5, 5.41) is 4.20. The molecule has 1 N–H and O–H groups in total. The van der Waals surface area contributed by atoms with Crippen molar-refractivity contribution < 1.29 is 0 Å². The van der Waals surface area contributed by atoms with E-state index >= 15 is 0 Å². The van der Waals surface area contributed by atoms with Crippen molar-refractivity contribution >= 4 is 17.4 Å². The van der Waals surface area contributed by atoms with Crippen molar-refractivity contribution in [2.45, 2.75) is 77.7 Å². The van der Waals surface area contributed by atoms with Crippen molar-refractivity contribution in [3.05, 3.63) is 28.7 Å². The molecule has 1 aromatic rings. The molecule has 1 aliphatic rings. The van der Waals surface area contributed by atoms with Gasteiger partial charge in [-0.15, -0.1) is 0 Å². The second-order valence-electron chi connectivity index (χ2n) is 6.11. The highest BCUT2D eigenvalue weighted by Gasteiger charge is 2.18. The van der Waals surface area contributed by atoms with Gasteiger partial charge in [-0.25, -0.2) is 9.97 Å². The van der Waals surface area contributed by atoms with Crippen LogP contribution in [0.2, 0.25) is 5.02 Å². The average molecular weight is 322 g/mol. The maximum atomic E-state index is 6.36. The van der Waals surface area contributed by atoms with Gasteiger partial charge in [-0.05, 0) is 44.9 Å². The molecule has 22 heavy (non-hydrogen) atoms. The first kappa shape index (κ1) is 17.3. The predicted octanol–water partition coefficient (Wildman–Crippen LogP) is 5.55. The quantitative estimate of drug-likeness (QED) is 0.528. The van der Waals surface area contributed by atoms with E-state index in [1.54, 1.807) is 11.9 Å². The summed E-state index contributed by atoms with van der Waals surface area (Å²) in [5.41, 5.74) is 2.56. The zero-order chi connectivity index (χ0) is 15.8. The van der Waals surface area contributed by atoms with E-state index in [9.17, 15) is 0 Å². The van der Waals surface area contributed by atoms with Crippen LogP contribution in [-0.4, -0.2) is 16.0 Å². The Morgan fingerprint density at radius 1 is 1.23 bits per heavy atom. The zero-order valence-corrected chi connectivity index (χ0v) is 14.6. The maximum Gasteiger partial charge on any atom is 0.148 e.